The summed E-state index contributed by atoms with van der Waals surface area (Å²) in [7, 11) is 1.59. The van der Waals surface area contributed by atoms with Gasteiger partial charge >= 0.3 is 5.97 Å². The first kappa shape index (κ1) is 21.3. The fourth-order valence-electron chi connectivity index (χ4n) is 3.72. The van der Waals surface area contributed by atoms with E-state index in [1.54, 1.807) is 7.11 Å². The quantitative estimate of drug-likeness (QED) is 0.368. The largest absolute Gasteiger partial charge is 0.497 e. The highest BCUT2D eigenvalue weighted by Gasteiger charge is 2.18. The van der Waals surface area contributed by atoms with E-state index in [-0.39, 0.29) is 6.42 Å². The lowest BCUT2D eigenvalue weighted by Crippen LogP contribution is -2.02. The number of hydrogen-bond acceptors (Lipinski definition) is 4. The molecule has 0 aliphatic heterocycles. The maximum Gasteiger partial charge on any atom is 0.307 e. The van der Waals surface area contributed by atoms with E-state index in [0.717, 1.165) is 27.7 Å². The number of carboxylic acids is 1. The second-order valence-electron chi connectivity index (χ2n) is 7.33. The second-order valence-corrected chi connectivity index (χ2v) is 7.33. The highest BCUT2D eigenvalue weighted by Crippen LogP contribution is 2.37. The van der Waals surface area contributed by atoms with Crippen LogP contribution in [0.15, 0.2) is 66.7 Å². The average Bonchev–Trinajstić information content (AvgIpc) is 3.16. The fourth-order valence-corrected chi connectivity index (χ4v) is 3.72. The molecule has 0 radical (unpaired) electrons. The topological polar surface area (TPSA) is 80.8 Å². The molecular weight excluding hydrogens is 406 g/mol. The molecular formula is C26H25NO5. The van der Waals surface area contributed by atoms with Crippen LogP contribution in [0.25, 0.3) is 22.2 Å². The van der Waals surface area contributed by atoms with Crippen LogP contribution in [0.1, 0.15) is 18.1 Å². The van der Waals surface area contributed by atoms with Crippen LogP contribution < -0.4 is 14.2 Å². The Balaban J connectivity index is 1.73. The number of carbonyl (C=O) groups is 1. The molecule has 6 heteroatoms. The Kier molecular flexibility index (Phi) is 6.31. The smallest absolute Gasteiger partial charge is 0.307 e. The number of nitrogens with one attached hydrogen (secondary N) is 1. The van der Waals surface area contributed by atoms with Crippen molar-refractivity contribution in [2.45, 2.75) is 20.0 Å². The summed E-state index contributed by atoms with van der Waals surface area (Å²) < 4.78 is 17.2. The van der Waals surface area contributed by atoms with Gasteiger partial charge in [0.2, 0.25) is 0 Å². The van der Waals surface area contributed by atoms with Crippen molar-refractivity contribution in [3.05, 3.63) is 77.9 Å². The molecule has 164 valence electrons. The Morgan fingerprint density at radius 1 is 0.969 bits per heavy atom. The SMILES string of the molecule is CCOc1cc(-c2[nH]c3ccc(OC)cc3c2CC(=O)O)ccc1OCc1ccccc1. The molecule has 0 fully saturated rings. The number of carboxylic acid groups (broad SMARTS) is 1. The number of benzene rings is 3. The van der Waals surface area contributed by atoms with E-state index in [2.05, 4.69) is 4.98 Å². The Hall–Kier alpha value is -3.93. The van der Waals surface area contributed by atoms with Crippen molar-refractivity contribution in [2.24, 2.45) is 0 Å². The summed E-state index contributed by atoms with van der Waals surface area (Å²) in [6, 6.07) is 21.2. The van der Waals surface area contributed by atoms with Crippen molar-refractivity contribution in [3.63, 3.8) is 0 Å². The first-order chi connectivity index (χ1) is 15.6. The van der Waals surface area contributed by atoms with Gasteiger partial charge in [-0.2, -0.15) is 0 Å². The van der Waals surface area contributed by atoms with E-state index in [1.165, 1.54) is 0 Å². The third-order valence-corrected chi connectivity index (χ3v) is 5.21. The maximum absolute atomic E-state index is 11.6. The van der Waals surface area contributed by atoms with Gasteiger partial charge in [0.05, 0.1) is 25.8 Å². The zero-order valence-electron chi connectivity index (χ0n) is 18.1. The van der Waals surface area contributed by atoms with Crippen LogP contribution in [0.3, 0.4) is 0 Å². The van der Waals surface area contributed by atoms with Crippen molar-refractivity contribution in [2.75, 3.05) is 13.7 Å². The molecule has 1 heterocycles. The van der Waals surface area contributed by atoms with E-state index < -0.39 is 5.97 Å². The van der Waals surface area contributed by atoms with Crippen molar-refractivity contribution in [3.8, 4) is 28.5 Å². The van der Waals surface area contributed by atoms with Gasteiger partial charge in [0.25, 0.3) is 0 Å². The van der Waals surface area contributed by atoms with Crippen molar-refractivity contribution in [1.82, 2.24) is 4.98 Å². The second kappa shape index (κ2) is 9.47. The van der Waals surface area contributed by atoms with Crippen LogP contribution in [0.2, 0.25) is 0 Å². The number of fused-ring (bicyclic) bond motifs is 1. The van der Waals surface area contributed by atoms with Gasteiger partial charge in [-0.15, -0.1) is 0 Å². The van der Waals surface area contributed by atoms with Gasteiger partial charge < -0.3 is 24.3 Å². The van der Waals surface area contributed by atoms with Crippen LogP contribution in [0, 0.1) is 0 Å². The highest BCUT2D eigenvalue weighted by atomic mass is 16.5. The molecule has 0 bridgehead atoms. The number of hydrogen-bond donors (Lipinski definition) is 2. The molecule has 32 heavy (non-hydrogen) atoms. The van der Waals surface area contributed by atoms with Crippen LogP contribution in [0.5, 0.6) is 17.2 Å². The van der Waals surface area contributed by atoms with Gasteiger partial charge in [0.1, 0.15) is 12.4 Å². The number of H-pyrrole nitrogens is 1. The highest BCUT2D eigenvalue weighted by molar-refractivity contribution is 5.95. The lowest BCUT2D eigenvalue weighted by molar-refractivity contribution is -0.136. The first-order valence-electron chi connectivity index (χ1n) is 10.4. The minimum atomic E-state index is -0.900. The lowest BCUT2D eigenvalue weighted by Gasteiger charge is -2.14. The van der Waals surface area contributed by atoms with E-state index >= 15 is 0 Å². The molecule has 0 saturated carbocycles. The minimum Gasteiger partial charge on any atom is -0.497 e. The molecule has 4 rings (SSSR count). The first-order valence-corrected chi connectivity index (χ1v) is 10.4. The zero-order valence-corrected chi connectivity index (χ0v) is 18.1. The van der Waals surface area contributed by atoms with Gasteiger partial charge in [0, 0.05) is 16.5 Å². The third-order valence-electron chi connectivity index (χ3n) is 5.21. The number of methoxy groups -OCH3 is 1. The zero-order chi connectivity index (χ0) is 22.5. The fraction of sp³-hybridized carbons (Fsp3) is 0.192. The standard InChI is InChI=1S/C26H25NO5/c1-3-31-24-13-18(9-12-23(24)32-16-17-7-5-4-6-8-17)26-21(15-25(28)29)20-14-19(30-2)10-11-22(20)27-26/h4-14,27H,3,15-16H2,1-2H3,(H,28,29). The van der Waals surface area contributed by atoms with Gasteiger partial charge in [0.15, 0.2) is 11.5 Å². The van der Waals surface area contributed by atoms with Crippen molar-refractivity contribution >= 4 is 16.9 Å². The molecule has 0 aliphatic carbocycles. The van der Waals surface area contributed by atoms with E-state index in [9.17, 15) is 9.90 Å². The summed E-state index contributed by atoms with van der Waals surface area (Å²) in [6.45, 7) is 2.83. The Bertz CT molecular complexity index is 1230. The minimum absolute atomic E-state index is 0.112. The monoisotopic (exact) mass is 431 g/mol. The summed E-state index contributed by atoms with van der Waals surface area (Å²) in [6.07, 6.45) is -0.112. The molecule has 4 aromatic rings. The molecule has 0 unspecified atom stereocenters. The summed E-state index contributed by atoms with van der Waals surface area (Å²) in [4.78, 5) is 15.0. The Morgan fingerprint density at radius 2 is 1.78 bits per heavy atom. The van der Waals surface area contributed by atoms with E-state index in [0.29, 0.717) is 36.0 Å². The van der Waals surface area contributed by atoms with Gasteiger partial charge in [-0.25, -0.2) is 0 Å². The third kappa shape index (κ3) is 4.54. The molecule has 2 N–H and O–H groups in total. The normalized spacial score (nSPS) is 10.8. The van der Waals surface area contributed by atoms with Crippen LogP contribution in [-0.4, -0.2) is 29.8 Å². The van der Waals surface area contributed by atoms with Crippen molar-refractivity contribution in [1.29, 1.82) is 0 Å². The van der Waals surface area contributed by atoms with Crippen LogP contribution in [0.4, 0.5) is 0 Å². The number of aromatic amines is 1. The summed E-state index contributed by atoms with van der Waals surface area (Å²) in [5.74, 6) is 1.02. The average molecular weight is 431 g/mol. The maximum atomic E-state index is 11.6. The van der Waals surface area contributed by atoms with Gasteiger partial charge in [-0.3, -0.25) is 4.79 Å². The number of aromatic nitrogens is 1. The molecule has 0 atom stereocenters. The molecule has 6 nitrogen and oxygen atoms in total. The van der Waals surface area contributed by atoms with E-state index in [1.807, 2.05) is 73.7 Å². The molecule has 1 aromatic heterocycles. The summed E-state index contributed by atoms with van der Waals surface area (Å²) in [5.41, 5.74) is 4.18. The molecule has 0 aliphatic rings. The van der Waals surface area contributed by atoms with Crippen LogP contribution >= 0.6 is 0 Å². The lowest BCUT2D eigenvalue weighted by atomic mass is 10.0. The number of rotatable bonds is 9. The predicted octanol–water partition coefficient (Wildman–Crippen LogP) is 5.45. The number of ether oxygens (including phenoxy) is 3. The molecule has 3 aromatic carbocycles. The Morgan fingerprint density at radius 3 is 2.50 bits per heavy atom. The number of aliphatic carboxylic acids is 1. The van der Waals surface area contributed by atoms with Gasteiger partial charge in [-0.05, 0) is 54.4 Å². The van der Waals surface area contributed by atoms with Crippen molar-refractivity contribution < 1.29 is 24.1 Å². The predicted molar refractivity (Wildman–Crippen MR) is 124 cm³/mol. The summed E-state index contributed by atoms with van der Waals surface area (Å²) in [5, 5.41) is 10.3. The van der Waals surface area contributed by atoms with E-state index in [4.69, 9.17) is 14.2 Å². The van der Waals surface area contributed by atoms with Gasteiger partial charge in [-0.1, -0.05) is 30.3 Å². The molecule has 0 saturated heterocycles. The summed E-state index contributed by atoms with van der Waals surface area (Å²) >= 11 is 0. The van der Waals surface area contributed by atoms with Crippen LogP contribution in [-0.2, 0) is 17.8 Å². The molecule has 0 spiro atoms. The Labute approximate surface area is 186 Å². The molecule has 0 amide bonds.